The van der Waals surface area contributed by atoms with E-state index in [9.17, 15) is 18.9 Å². The molecular weight excluding hydrogens is 595 g/mol. The van der Waals surface area contributed by atoms with Crippen LogP contribution in [0, 0.1) is 0 Å². The standard InChI is InChI=1S/C31H33O12P/c1-21(32)36-20-27-28(38-22(2)33)29(37-19-24-13-7-4-8-14-24)30(39-23(3)34)31(40-27)43-44(35,41-25-15-9-5-10-16-25)42-26-17-11-6-12-18-26/h4-18,27-31H,19-20H2,1-3H3/t27-,28-,29+,30+,31+/m1/s1. The molecule has 0 saturated carbocycles. The molecule has 1 saturated heterocycles. The molecule has 1 aliphatic rings. The monoisotopic (exact) mass is 628 g/mol. The summed E-state index contributed by atoms with van der Waals surface area (Å²) < 4.78 is 60.2. The Hall–Kier alpha value is -4.22. The summed E-state index contributed by atoms with van der Waals surface area (Å²) >= 11 is 0. The van der Waals surface area contributed by atoms with E-state index in [4.69, 9.17) is 37.3 Å². The summed E-state index contributed by atoms with van der Waals surface area (Å²) in [5.41, 5.74) is 0.752. The van der Waals surface area contributed by atoms with Gasteiger partial charge in [0.15, 0.2) is 12.2 Å². The number of hydrogen-bond acceptors (Lipinski definition) is 12. The number of para-hydroxylation sites is 2. The highest BCUT2D eigenvalue weighted by Crippen LogP contribution is 2.52. The molecule has 1 aliphatic heterocycles. The summed E-state index contributed by atoms with van der Waals surface area (Å²) in [7, 11) is -4.62. The number of ether oxygens (including phenoxy) is 5. The molecule has 5 atom stereocenters. The van der Waals surface area contributed by atoms with Crippen LogP contribution in [0.1, 0.15) is 26.3 Å². The van der Waals surface area contributed by atoms with E-state index in [1.165, 1.54) is 13.8 Å². The smallest absolute Gasteiger partial charge is 0.463 e. The van der Waals surface area contributed by atoms with Crippen molar-refractivity contribution in [2.24, 2.45) is 0 Å². The van der Waals surface area contributed by atoms with E-state index in [-0.39, 0.29) is 18.1 Å². The fourth-order valence-electron chi connectivity index (χ4n) is 4.31. The molecule has 0 amide bonds. The number of hydrogen-bond donors (Lipinski definition) is 0. The maximum Gasteiger partial charge on any atom is 0.590 e. The molecule has 3 aromatic carbocycles. The lowest BCUT2D eigenvalue weighted by atomic mass is 9.98. The first-order chi connectivity index (χ1) is 21.1. The zero-order chi connectivity index (χ0) is 31.5. The molecule has 0 radical (unpaired) electrons. The molecule has 0 N–H and O–H groups in total. The van der Waals surface area contributed by atoms with Crippen LogP contribution in [-0.2, 0) is 53.8 Å². The van der Waals surface area contributed by atoms with E-state index >= 15 is 0 Å². The van der Waals surface area contributed by atoms with Crippen molar-refractivity contribution < 1.29 is 56.2 Å². The average molecular weight is 629 g/mol. The second-order valence-corrected chi connectivity index (χ2v) is 11.1. The Kier molecular flexibility index (Phi) is 11.5. The molecule has 44 heavy (non-hydrogen) atoms. The predicted molar refractivity (Wildman–Crippen MR) is 154 cm³/mol. The quantitative estimate of drug-likeness (QED) is 0.143. The molecule has 0 bridgehead atoms. The van der Waals surface area contributed by atoms with Crippen molar-refractivity contribution in [2.45, 2.75) is 58.1 Å². The number of carbonyl (C=O) groups excluding carboxylic acids is 3. The maximum atomic E-state index is 14.3. The maximum absolute atomic E-state index is 14.3. The van der Waals surface area contributed by atoms with E-state index in [0.717, 1.165) is 12.5 Å². The van der Waals surface area contributed by atoms with Crippen LogP contribution < -0.4 is 9.05 Å². The van der Waals surface area contributed by atoms with Gasteiger partial charge in [0, 0.05) is 20.8 Å². The third kappa shape index (κ3) is 9.65. The van der Waals surface area contributed by atoms with Crippen molar-refractivity contribution in [2.75, 3.05) is 6.61 Å². The van der Waals surface area contributed by atoms with Gasteiger partial charge in [-0.3, -0.25) is 14.4 Å². The van der Waals surface area contributed by atoms with Crippen molar-refractivity contribution in [1.29, 1.82) is 0 Å². The topological polar surface area (TPSA) is 142 Å². The molecule has 3 aromatic rings. The second-order valence-electron chi connectivity index (χ2n) is 9.62. The summed E-state index contributed by atoms with van der Waals surface area (Å²) in [5.74, 6) is -1.80. The highest BCUT2D eigenvalue weighted by Gasteiger charge is 2.54. The van der Waals surface area contributed by atoms with Crippen molar-refractivity contribution in [3.63, 3.8) is 0 Å². The molecule has 234 valence electrons. The van der Waals surface area contributed by atoms with E-state index in [2.05, 4.69) is 0 Å². The Morgan fingerprint density at radius 3 is 1.68 bits per heavy atom. The number of rotatable bonds is 13. The first kappa shape index (κ1) is 32.7. The largest absolute Gasteiger partial charge is 0.590 e. The minimum Gasteiger partial charge on any atom is -0.463 e. The molecular formula is C31H33O12P. The van der Waals surface area contributed by atoms with Crippen LogP contribution in [0.4, 0.5) is 0 Å². The normalized spacial score (nSPS) is 21.5. The molecule has 12 nitrogen and oxygen atoms in total. The summed E-state index contributed by atoms with van der Waals surface area (Å²) in [5, 5.41) is 0. The fraction of sp³-hybridized carbons (Fsp3) is 0.323. The van der Waals surface area contributed by atoms with E-state index in [0.29, 0.717) is 0 Å². The number of carbonyl (C=O) groups is 3. The average Bonchev–Trinajstić information content (AvgIpc) is 2.98. The van der Waals surface area contributed by atoms with Gasteiger partial charge in [0.2, 0.25) is 6.29 Å². The predicted octanol–water partition coefficient (Wildman–Crippen LogP) is 5.01. The lowest BCUT2D eigenvalue weighted by Gasteiger charge is -2.44. The van der Waals surface area contributed by atoms with E-state index in [1.54, 1.807) is 72.8 Å². The minimum atomic E-state index is -4.62. The lowest BCUT2D eigenvalue weighted by Crippen LogP contribution is -2.62. The zero-order valence-electron chi connectivity index (χ0n) is 24.3. The Bertz CT molecular complexity index is 1370. The van der Waals surface area contributed by atoms with Crippen LogP contribution in [0.3, 0.4) is 0 Å². The Labute approximate surface area is 254 Å². The SMILES string of the molecule is CC(=O)OC[C@H]1O[C@@H](OP(=O)(Oc2ccccc2)Oc2ccccc2)[C@@H](OC(C)=O)[C@@H](OCc2ccccc2)[C@@H]1OC(C)=O. The first-order valence-corrected chi connectivity index (χ1v) is 15.1. The fourth-order valence-corrected chi connectivity index (χ4v) is 5.62. The molecule has 1 heterocycles. The number of esters is 3. The van der Waals surface area contributed by atoms with Gasteiger partial charge in [0.1, 0.15) is 30.3 Å². The molecule has 0 unspecified atom stereocenters. The van der Waals surface area contributed by atoms with Gasteiger partial charge < -0.3 is 32.7 Å². The first-order valence-electron chi connectivity index (χ1n) is 13.7. The number of phosphoric acid groups is 1. The van der Waals surface area contributed by atoms with Crippen molar-refractivity contribution in [3.8, 4) is 11.5 Å². The van der Waals surface area contributed by atoms with Crippen molar-refractivity contribution in [1.82, 2.24) is 0 Å². The van der Waals surface area contributed by atoms with Gasteiger partial charge in [-0.05, 0) is 29.8 Å². The van der Waals surface area contributed by atoms with E-state index in [1.807, 2.05) is 18.2 Å². The third-order valence-corrected chi connectivity index (χ3v) is 7.42. The van der Waals surface area contributed by atoms with Crippen LogP contribution in [0.2, 0.25) is 0 Å². The molecule has 13 heteroatoms. The summed E-state index contributed by atoms with van der Waals surface area (Å²) in [4.78, 5) is 36.3. The highest BCUT2D eigenvalue weighted by atomic mass is 31.2. The summed E-state index contributed by atoms with van der Waals surface area (Å²) in [6.07, 6.45) is -6.83. The Morgan fingerprint density at radius 2 is 1.18 bits per heavy atom. The lowest BCUT2D eigenvalue weighted by molar-refractivity contribution is -0.296. The molecule has 1 fully saturated rings. The van der Waals surface area contributed by atoms with Gasteiger partial charge in [0.25, 0.3) is 0 Å². The molecule has 0 spiro atoms. The summed E-state index contributed by atoms with van der Waals surface area (Å²) in [6.45, 7) is 3.10. The van der Waals surface area contributed by atoms with Gasteiger partial charge in [-0.15, -0.1) is 0 Å². The number of phosphoric ester groups is 1. The minimum absolute atomic E-state index is 0.00721. The van der Waals surface area contributed by atoms with Crippen molar-refractivity contribution >= 4 is 25.7 Å². The zero-order valence-corrected chi connectivity index (χ0v) is 25.2. The highest BCUT2D eigenvalue weighted by molar-refractivity contribution is 7.49. The second kappa shape index (κ2) is 15.5. The van der Waals surface area contributed by atoms with Gasteiger partial charge >= 0.3 is 25.7 Å². The van der Waals surface area contributed by atoms with E-state index < -0.39 is 63.0 Å². The van der Waals surface area contributed by atoms with Gasteiger partial charge in [-0.25, -0.2) is 9.09 Å². The van der Waals surface area contributed by atoms with Gasteiger partial charge in [-0.1, -0.05) is 66.7 Å². The van der Waals surface area contributed by atoms with Crippen molar-refractivity contribution in [3.05, 3.63) is 96.6 Å². The van der Waals surface area contributed by atoms with Crippen LogP contribution >= 0.6 is 7.82 Å². The molecule has 4 rings (SSSR count). The molecule has 0 aromatic heterocycles. The Balaban J connectivity index is 1.73. The molecule has 0 aliphatic carbocycles. The van der Waals surface area contributed by atoms with Gasteiger partial charge in [-0.2, -0.15) is 0 Å². The number of benzene rings is 3. The van der Waals surface area contributed by atoms with Crippen LogP contribution in [0.15, 0.2) is 91.0 Å². The third-order valence-electron chi connectivity index (χ3n) is 6.09. The van der Waals surface area contributed by atoms with Gasteiger partial charge in [0.05, 0.1) is 6.61 Å². The Morgan fingerprint density at radius 1 is 0.682 bits per heavy atom. The van der Waals surface area contributed by atoms with Crippen LogP contribution in [0.5, 0.6) is 11.5 Å². The van der Waals surface area contributed by atoms with Crippen LogP contribution in [-0.4, -0.2) is 55.2 Å². The van der Waals surface area contributed by atoms with Crippen LogP contribution in [0.25, 0.3) is 0 Å². The summed E-state index contributed by atoms with van der Waals surface area (Å²) in [6, 6.07) is 25.3.